The summed E-state index contributed by atoms with van der Waals surface area (Å²) in [5.74, 6) is 1.58. The first-order chi connectivity index (χ1) is 7.12. The molecule has 0 aromatic carbocycles. The summed E-state index contributed by atoms with van der Waals surface area (Å²) in [6.45, 7) is 5.40. The maximum atomic E-state index is 12.4. The van der Waals surface area contributed by atoms with Crippen LogP contribution in [0.25, 0.3) is 0 Å². The third-order valence-electron chi connectivity index (χ3n) is 4.22. The van der Waals surface area contributed by atoms with E-state index >= 15 is 0 Å². The fourth-order valence-electron chi connectivity index (χ4n) is 3.23. The third kappa shape index (κ3) is 2.25. The molecule has 1 saturated carbocycles. The lowest BCUT2D eigenvalue weighted by atomic mass is 9.75. The van der Waals surface area contributed by atoms with Crippen LogP contribution in [-0.4, -0.2) is 17.9 Å². The Morgan fingerprint density at radius 1 is 1.33 bits per heavy atom. The van der Waals surface area contributed by atoms with Gasteiger partial charge in [0.2, 0.25) is 0 Å². The zero-order valence-corrected chi connectivity index (χ0v) is 10.0. The summed E-state index contributed by atoms with van der Waals surface area (Å²) in [4.78, 5) is 12.4. The zero-order valence-electron chi connectivity index (χ0n) is 10.0. The van der Waals surface area contributed by atoms with Crippen molar-refractivity contribution in [2.24, 2.45) is 11.8 Å². The van der Waals surface area contributed by atoms with Crippen molar-refractivity contribution in [1.29, 1.82) is 0 Å². The van der Waals surface area contributed by atoms with Crippen molar-refractivity contribution in [1.82, 2.24) is 5.32 Å². The van der Waals surface area contributed by atoms with Crippen LogP contribution in [0.1, 0.15) is 52.4 Å². The van der Waals surface area contributed by atoms with Gasteiger partial charge in [0, 0.05) is 5.92 Å². The molecule has 3 atom stereocenters. The maximum absolute atomic E-state index is 12.4. The molecule has 2 heteroatoms. The summed E-state index contributed by atoms with van der Waals surface area (Å²) in [5, 5.41) is 3.40. The molecule has 2 nitrogen and oxygen atoms in total. The first kappa shape index (κ1) is 11.1. The van der Waals surface area contributed by atoms with Crippen molar-refractivity contribution >= 4 is 5.78 Å². The van der Waals surface area contributed by atoms with Crippen LogP contribution >= 0.6 is 0 Å². The molecule has 0 bridgehead atoms. The molecule has 1 saturated heterocycles. The van der Waals surface area contributed by atoms with E-state index in [0.717, 1.165) is 38.1 Å². The second-order valence-electron chi connectivity index (χ2n) is 5.70. The molecule has 86 valence electrons. The van der Waals surface area contributed by atoms with E-state index in [1.54, 1.807) is 0 Å². The number of rotatable bonds is 2. The number of nitrogens with one attached hydrogen (secondary N) is 1. The van der Waals surface area contributed by atoms with Crippen LogP contribution in [0, 0.1) is 11.8 Å². The molecule has 0 aromatic rings. The second kappa shape index (κ2) is 4.25. The highest BCUT2D eigenvalue weighted by molar-refractivity contribution is 5.90. The van der Waals surface area contributed by atoms with E-state index in [0.29, 0.717) is 11.7 Å². The van der Waals surface area contributed by atoms with Crippen molar-refractivity contribution in [3.05, 3.63) is 0 Å². The SMILES string of the molecule is CC1CCCC(C(=O)C2(C)CCCN2)C1. The molecule has 1 N–H and O–H groups in total. The van der Waals surface area contributed by atoms with Crippen LogP contribution < -0.4 is 5.32 Å². The van der Waals surface area contributed by atoms with Crippen molar-refractivity contribution < 1.29 is 4.79 Å². The zero-order chi connectivity index (χ0) is 10.9. The molecule has 0 aromatic heterocycles. The second-order valence-corrected chi connectivity index (χ2v) is 5.70. The van der Waals surface area contributed by atoms with Crippen molar-refractivity contribution in [3.8, 4) is 0 Å². The van der Waals surface area contributed by atoms with Crippen molar-refractivity contribution in [3.63, 3.8) is 0 Å². The Morgan fingerprint density at radius 2 is 2.13 bits per heavy atom. The molecule has 2 aliphatic rings. The van der Waals surface area contributed by atoms with E-state index < -0.39 is 0 Å². The topological polar surface area (TPSA) is 29.1 Å². The molecule has 0 spiro atoms. The normalized spacial score (nSPS) is 41.7. The van der Waals surface area contributed by atoms with Gasteiger partial charge >= 0.3 is 0 Å². The molecule has 0 radical (unpaired) electrons. The van der Waals surface area contributed by atoms with Gasteiger partial charge in [-0.2, -0.15) is 0 Å². The molecule has 1 aliphatic heterocycles. The Bertz CT molecular complexity index is 243. The quantitative estimate of drug-likeness (QED) is 0.757. The van der Waals surface area contributed by atoms with Crippen molar-refractivity contribution in [2.45, 2.75) is 57.9 Å². The van der Waals surface area contributed by atoms with Crippen LogP contribution in [0.2, 0.25) is 0 Å². The molecule has 3 unspecified atom stereocenters. The molecule has 2 fully saturated rings. The lowest BCUT2D eigenvalue weighted by molar-refractivity contribution is -0.129. The van der Waals surface area contributed by atoms with Crippen LogP contribution in [0.5, 0.6) is 0 Å². The smallest absolute Gasteiger partial charge is 0.155 e. The average molecular weight is 209 g/mol. The molecule has 0 amide bonds. The van der Waals surface area contributed by atoms with Crippen LogP contribution in [-0.2, 0) is 4.79 Å². The summed E-state index contributed by atoms with van der Waals surface area (Å²) < 4.78 is 0. The summed E-state index contributed by atoms with van der Waals surface area (Å²) >= 11 is 0. The third-order valence-corrected chi connectivity index (χ3v) is 4.22. The first-order valence-electron chi connectivity index (χ1n) is 6.41. The Kier molecular flexibility index (Phi) is 3.15. The van der Waals surface area contributed by atoms with Gasteiger partial charge in [0.15, 0.2) is 5.78 Å². The predicted molar refractivity (Wildman–Crippen MR) is 61.8 cm³/mol. The monoisotopic (exact) mass is 209 g/mol. The van der Waals surface area contributed by atoms with E-state index in [1.807, 2.05) is 0 Å². The van der Waals surface area contributed by atoms with E-state index in [-0.39, 0.29) is 5.54 Å². The highest BCUT2D eigenvalue weighted by Gasteiger charge is 2.40. The van der Waals surface area contributed by atoms with E-state index in [2.05, 4.69) is 19.2 Å². The Morgan fingerprint density at radius 3 is 2.73 bits per heavy atom. The lowest BCUT2D eigenvalue weighted by Gasteiger charge is -2.32. The van der Waals surface area contributed by atoms with Crippen molar-refractivity contribution in [2.75, 3.05) is 6.54 Å². The number of ketones is 1. The first-order valence-corrected chi connectivity index (χ1v) is 6.41. The minimum absolute atomic E-state index is 0.193. The minimum Gasteiger partial charge on any atom is -0.305 e. The van der Waals surface area contributed by atoms with Gasteiger partial charge in [-0.15, -0.1) is 0 Å². The van der Waals surface area contributed by atoms with Gasteiger partial charge in [-0.3, -0.25) is 4.79 Å². The Labute approximate surface area is 92.8 Å². The minimum atomic E-state index is -0.193. The standard InChI is InChI=1S/C13H23NO/c1-10-5-3-6-11(9-10)12(15)13(2)7-4-8-14-13/h10-11,14H,3-9H2,1-2H3. The van der Waals surface area contributed by atoms with E-state index in [1.165, 1.54) is 12.8 Å². The van der Waals surface area contributed by atoms with Crippen LogP contribution in [0.4, 0.5) is 0 Å². The molecular formula is C13H23NO. The van der Waals surface area contributed by atoms with Gasteiger partial charge in [0.25, 0.3) is 0 Å². The fraction of sp³-hybridized carbons (Fsp3) is 0.923. The molecule has 1 aliphatic carbocycles. The predicted octanol–water partition coefficient (Wildman–Crippen LogP) is 2.52. The molecule has 1 heterocycles. The highest BCUT2D eigenvalue weighted by Crippen LogP contribution is 2.34. The van der Waals surface area contributed by atoms with E-state index in [4.69, 9.17) is 0 Å². The van der Waals surface area contributed by atoms with Crippen LogP contribution in [0.15, 0.2) is 0 Å². The Balaban J connectivity index is 2.00. The van der Waals surface area contributed by atoms with E-state index in [9.17, 15) is 4.79 Å². The number of hydrogen-bond donors (Lipinski definition) is 1. The maximum Gasteiger partial charge on any atom is 0.155 e. The lowest BCUT2D eigenvalue weighted by Crippen LogP contribution is -2.48. The summed E-state index contributed by atoms with van der Waals surface area (Å²) in [6.07, 6.45) is 7.00. The molecular weight excluding hydrogens is 186 g/mol. The number of Topliss-reactive ketones (excluding diaryl/α,β-unsaturated/α-hetero) is 1. The average Bonchev–Trinajstić information content (AvgIpc) is 2.65. The number of carbonyl (C=O) groups is 1. The fourth-order valence-corrected chi connectivity index (χ4v) is 3.23. The van der Waals surface area contributed by atoms with Gasteiger partial charge in [0.1, 0.15) is 0 Å². The van der Waals surface area contributed by atoms with Gasteiger partial charge in [0.05, 0.1) is 5.54 Å². The van der Waals surface area contributed by atoms with Gasteiger partial charge in [-0.05, 0) is 45.1 Å². The summed E-state index contributed by atoms with van der Waals surface area (Å²) in [6, 6.07) is 0. The molecule has 15 heavy (non-hydrogen) atoms. The number of hydrogen-bond acceptors (Lipinski definition) is 2. The van der Waals surface area contributed by atoms with Gasteiger partial charge in [-0.25, -0.2) is 0 Å². The largest absolute Gasteiger partial charge is 0.305 e. The summed E-state index contributed by atoms with van der Waals surface area (Å²) in [7, 11) is 0. The van der Waals surface area contributed by atoms with Crippen LogP contribution in [0.3, 0.4) is 0 Å². The van der Waals surface area contributed by atoms with Gasteiger partial charge < -0.3 is 5.32 Å². The Hall–Kier alpha value is -0.370. The molecule has 2 rings (SSSR count). The van der Waals surface area contributed by atoms with Gasteiger partial charge in [-0.1, -0.05) is 19.8 Å². The highest BCUT2D eigenvalue weighted by atomic mass is 16.1. The summed E-state index contributed by atoms with van der Waals surface area (Å²) in [5.41, 5.74) is -0.193. The number of carbonyl (C=O) groups excluding carboxylic acids is 1.